The van der Waals surface area contributed by atoms with E-state index in [0.717, 1.165) is 0 Å². The zero-order valence-electron chi connectivity index (χ0n) is 33.4. The summed E-state index contributed by atoms with van der Waals surface area (Å²) in [7, 11) is 0. The second-order valence-corrected chi connectivity index (χ2v) is 17.6. The minimum absolute atomic E-state index is 0.0121. The zero-order chi connectivity index (χ0) is 40.5. The van der Waals surface area contributed by atoms with Gasteiger partial charge < -0.3 is 40.9 Å². The minimum Gasteiger partial charge on any atom is -0.507 e. The van der Waals surface area contributed by atoms with Crippen LogP contribution in [0.4, 0.5) is 0 Å². The second kappa shape index (κ2) is 15.3. The quantitative estimate of drug-likeness (QED) is 0.0951. The first kappa shape index (κ1) is 43.2. The van der Waals surface area contributed by atoms with Crippen molar-refractivity contribution >= 4 is 0 Å². The van der Waals surface area contributed by atoms with E-state index in [9.17, 15) is 40.9 Å². The first-order valence-corrected chi connectivity index (χ1v) is 17.3. The van der Waals surface area contributed by atoms with Crippen LogP contribution in [-0.4, -0.2) is 40.9 Å². The van der Waals surface area contributed by atoms with Crippen LogP contribution in [0.5, 0.6) is 46.0 Å². The fourth-order valence-corrected chi connectivity index (χ4v) is 5.65. The maximum Gasteiger partial charge on any atom is 0.131 e. The first-order chi connectivity index (χ1) is 23.4. The molecule has 4 rings (SSSR count). The Morgan fingerprint density at radius 2 is 0.558 bits per heavy atom. The molecule has 0 amide bonds. The van der Waals surface area contributed by atoms with Gasteiger partial charge in [0.25, 0.3) is 0 Å². The third kappa shape index (κ3) is 9.66. The van der Waals surface area contributed by atoms with Crippen molar-refractivity contribution in [2.45, 2.75) is 119 Å². The van der Waals surface area contributed by atoms with Gasteiger partial charge in [0, 0.05) is 22.3 Å². The maximum atomic E-state index is 11.4. The molecule has 8 nitrogen and oxygen atoms in total. The largest absolute Gasteiger partial charge is 0.507 e. The Hall–Kier alpha value is -4.98. The van der Waals surface area contributed by atoms with E-state index in [0.29, 0.717) is 22.3 Å². The Morgan fingerprint density at radius 1 is 0.385 bits per heavy atom. The fraction of sp³-hybridized carbons (Fsp3) is 0.409. The second-order valence-electron chi connectivity index (χ2n) is 17.6. The Labute approximate surface area is 310 Å². The third-order valence-electron chi connectivity index (χ3n) is 8.32. The van der Waals surface area contributed by atoms with Gasteiger partial charge in [-0.25, -0.2) is 0 Å². The van der Waals surface area contributed by atoms with Crippen molar-refractivity contribution in [2.75, 3.05) is 0 Å². The number of allylic oxidation sites excluding steroid dienone is 1. The van der Waals surface area contributed by atoms with Crippen LogP contribution in [0.1, 0.15) is 119 Å². The summed E-state index contributed by atoms with van der Waals surface area (Å²) in [5, 5.41) is 84.1. The summed E-state index contributed by atoms with van der Waals surface area (Å²) in [6, 6.07) is 12.0. The molecule has 0 aliphatic rings. The summed E-state index contributed by atoms with van der Waals surface area (Å²) >= 11 is 0. The molecule has 8 N–H and O–H groups in total. The van der Waals surface area contributed by atoms with Gasteiger partial charge in [0.2, 0.25) is 0 Å². The summed E-state index contributed by atoms with van der Waals surface area (Å²) in [6.45, 7) is 31.3. The van der Waals surface area contributed by atoms with E-state index in [1.807, 2.05) is 109 Å². The zero-order valence-corrected chi connectivity index (χ0v) is 33.4. The van der Waals surface area contributed by atoms with E-state index in [4.69, 9.17) is 0 Å². The summed E-state index contributed by atoms with van der Waals surface area (Å²) in [4.78, 5) is 0. The van der Waals surface area contributed by atoms with Crippen molar-refractivity contribution in [1.29, 1.82) is 0 Å². The predicted molar refractivity (Wildman–Crippen MR) is 212 cm³/mol. The average Bonchev–Trinajstić information content (AvgIpc) is 2.93. The van der Waals surface area contributed by atoms with Gasteiger partial charge in [0.15, 0.2) is 0 Å². The fourth-order valence-electron chi connectivity index (χ4n) is 5.65. The lowest BCUT2D eigenvalue weighted by Gasteiger charge is -2.32. The summed E-state index contributed by atoms with van der Waals surface area (Å²) in [6.07, 6.45) is 0. The van der Waals surface area contributed by atoms with Crippen molar-refractivity contribution in [3.63, 3.8) is 0 Å². The molecular formula is C44H60O8. The smallest absolute Gasteiger partial charge is 0.131 e. The molecule has 0 fully saturated rings. The highest BCUT2D eigenvalue weighted by Crippen LogP contribution is 2.56. The van der Waals surface area contributed by atoms with Crippen LogP contribution in [0.15, 0.2) is 60.7 Å². The molecule has 0 aromatic heterocycles. The van der Waals surface area contributed by atoms with Crippen LogP contribution in [0, 0.1) is 0 Å². The van der Waals surface area contributed by atoms with Crippen LogP contribution in [0.3, 0.4) is 0 Å². The summed E-state index contributed by atoms with van der Waals surface area (Å²) < 4.78 is 0. The highest BCUT2D eigenvalue weighted by molar-refractivity contribution is 5.89. The Kier molecular flexibility index (Phi) is 12.7. The number of hydrogen-bond donors (Lipinski definition) is 8. The Bertz CT molecular complexity index is 1670. The van der Waals surface area contributed by atoms with Gasteiger partial charge in [0.1, 0.15) is 46.0 Å². The molecule has 0 aliphatic carbocycles. The summed E-state index contributed by atoms with van der Waals surface area (Å²) in [5.41, 5.74) is 2.23. The van der Waals surface area contributed by atoms with Crippen LogP contribution in [0.25, 0.3) is 22.3 Å². The van der Waals surface area contributed by atoms with Crippen molar-refractivity contribution in [1.82, 2.24) is 0 Å². The molecular weight excluding hydrogens is 656 g/mol. The van der Waals surface area contributed by atoms with E-state index in [-0.39, 0.29) is 68.2 Å². The molecule has 4 aromatic carbocycles. The highest BCUT2D eigenvalue weighted by Gasteiger charge is 2.36. The molecule has 0 radical (unpaired) electrons. The molecule has 0 spiro atoms. The van der Waals surface area contributed by atoms with E-state index >= 15 is 0 Å². The SMILES string of the molecule is C=C(C)C.CC(C)(C)c1cc(C(C)(C)C)c(O)c(-c2c(O)c(C(C)(C)C)cc(C(C)(C)C)c2O)c1O.Oc1cccc(O)c1-c1c(O)cccc1O. The number of benzene rings is 4. The molecule has 0 saturated heterocycles. The molecule has 0 saturated carbocycles. The van der Waals surface area contributed by atoms with E-state index in [2.05, 4.69) is 6.58 Å². The predicted octanol–water partition coefficient (Wildman–Crippen LogP) is 11.1. The van der Waals surface area contributed by atoms with Gasteiger partial charge in [-0.2, -0.15) is 0 Å². The molecule has 4 aromatic rings. The number of phenolic OH excluding ortho intramolecular Hbond substituents is 8. The van der Waals surface area contributed by atoms with Gasteiger partial charge in [-0.1, -0.05) is 101 Å². The van der Waals surface area contributed by atoms with Crippen LogP contribution < -0.4 is 0 Å². The van der Waals surface area contributed by atoms with Crippen molar-refractivity contribution < 1.29 is 40.9 Å². The first-order valence-electron chi connectivity index (χ1n) is 17.3. The van der Waals surface area contributed by atoms with Gasteiger partial charge in [-0.05, 0) is 71.9 Å². The molecule has 0 heterocycles. The Morgan fingerprint density at radius 3 is 0.712 bits per heavy atom. The Balaban J connectivity index is 0.000000386. The van der Waals surface area contributed by atoms with Crippen molar-refractivity contribution in [2.24, 2.45) is 0 Å². The monoisotopic (exact) mass is 716 g/mol. The van der Waals surface area contributed by atoms with Gasteiger partial charge in [-0.3, -0.25) is 0 Å². The van der Waals surface area contributed by atoms with E-state index in [1.54, 1.807) is 0 Å². The number of rotatable bonds is 2. The van der Waals surface area contributed by atoms with E-state index < -0.39 is 21.7 Å². The number of aromatic hydroxyl groups is 8. The normalized spacial score (nSPS) is 12.0. The molecule has 0 aliphatic heterocycles. The molecule has 8 heteroatoms. The lowest BCUT2D eigenvalue weighted by Crippen LogP contribution is -2.19. The van der Waals surface area contributed by atoms with E-state index in [1.165, 1.54) is 42.0 Å². The molecule has 0 atom stereocenters. The van der Waals surface area contributed by atoms with Crippen molar-refractivity contribution in [3.8, 4) is 68.2 Å². The standard InChI is InChI=1S/C28H42O4.C12H10O4.C4H8/c1-25(2,3)15-13-16(26(4,5)6)22(30)19(21(15)29)20-23(31)17(27(7,8)9)14-18(24(20)32)28(10,11)12;13-7-3-1-4-8(14)11(7)12-9(15)5-2-6-10(12)16;1-4(2)3/h13-14,29-32H,1-12H3;1-6,13-16H;1H2,2-3H3. The van der Waals surface area contributed by atoms with Gasteiger partial charge in [0.05, 0.1) is 22.3 Å². The summed E-state index contributed by atoms with van der Waals surface area (Å²) in [5.74, 6) is -1.35. The molecule has 0 bridgehead atoms. The number of phenols is 8. The van der Waals surface area contributed by atoms with Crippen LogP contribution in [-0.2, 0) is 21.7 Å². The minimum atomic E-state index is -0.424. The molecule has 0 unspecified atom stereocenters. The number of hydrogen-bond acceptors (Lipinski definition) is 8. The third-order valence-corrected chi connectivity index (χ3v) is 8.32. The highest BCUT2D eigenvalue weighted by atomic mass is 16.3. The topological polar surface area (TPSA) is 162 Å². The van der Waals surface area contributed by atoms with Crippen LogP contribution in [0.2, 0.25) is 0 Å². The lowest BCUT2D eigenvalue weighted by molar-refractivity contribution is 0.407. The molecule has 52 heavy (non-hydrogen) atoms. The van der Waals surface area contributed by atoms with Crippen molar-refractivity contribution in [3.05, 3.63) is 82.9 Å². The maximum absolute atomic E-state index is 11.4. The lowest BCUT2D eigenvalue weighted by atomic mass is 9.74. The van der Waals surface area contributed by atoms with Gasteiger partial charge >= 0.3 is 0 Å². The molecule has 284 valence electrons. The van der Waals surface area contributed by atoms with Gasteiger partial charge in [-0.15, -0.1) is 6.58 Å². The van der Waals surface area contributed by atoms with Crippen LogP contribution >= 0.6 is 0 Å². The average molecular weight is 717 g/mol.